The zero-order chi connectivity index (χ0) is 6.50. The van der Waals surface area contributed by atoms with Gasteiger partial charge < -0.3 is 32.2 Å². The molecule has 0 aromatic carbocycles. The zero-order valence-corrected chi connectivity index (χ0v) is 6.55. The summed E-state index contributed by atoms with van der Waals surface area (Å²) in [7, 11) is -4.67. The smallest absolute Gasteiger partial charge is 0.394 e. The lowest BCUT2D eigenvalue weighted by molar-refractivity contribution is -0.0980. The van der Waals surface area contributed by atoms with Crippen molar-refractivity contribution in [3.63, 3.8) is 0 Å². The van der Waals surface area contributed by atoms with Crippen molar-refractivity contribution in [2.75, 3.05) is 0 Å². The summed E-state index contributed by atoms with van der Waals surface area (Å²) in [5, 5.41) is 0. The van der Waals surface area contributed by atoms with E-state index in [1.54, 1.807) is 0 Å². The SMILES string of the molecule is C=O.O.O.O.O.O.O=S(=O)(O)O. The number of hydrogen-bond donors (Lipinski definition) is 2. The maximum absolute atomic E-state index is 8.74. The molecule has 0 atom stereocenters. The molecule has 0 radical (unpaired) electrons. The van der Waals surface area contributed by atoms with Gasteiger partial charge in [-0.3, -0.25) is 9.11 Å². The van der Waals surface area contributed by atoms with Crippen molar-refractivity contribution in [2.24, 2.45) is 0 Å². The van der Waals surface area contributed by atoms with Crippen LogP contribution in [0.4, 0.5) is 0 Å². The van der Waals surface area contributed by atoms with Crippen molar-refractivity contribution in [3.05, 3.63) is 0 Å². The largest absolute Gasteiger partial charge is 0.412 e. The van der Waals surface area contributed by atoms with E-state index in [9.17, 15) is 0 Å². The minimum Gasteiger partial charge on any atom is -0.412 e. The average Bonchev–Trinajstić information content (AvgIpc) is 1.36. The Hall–Kier alpha value is -0.660. The number of rotatable bonds is 0. The number of carbonyl (C=O) groups is 1. The fraction of sp³-hybridized carbons (Fsp3) is 0. The fourth-order valence-electron chi connectivity index (χ4n) is 0. The third-order valence-electron chi connectivity index (χ3n) is 0. The minimum atomic E-state index is -4.67. The van der Waals surface area contributed by atoms with Crippen molar-refractivity contribution in [1.29, 1.82) is 0 Å². The average molecular weight is 218 g/mol. The highest BCUT2D eigenvalue weighted by Crippen LogP contribution is 1.59. The summed E-state index contributed by atoms with van der Waals surface area (Å²) in [4.78, 5) is 8.00. The van der Waals surface area contributed by atoms with E-state index in [1.165, 1.54) is 0 Å². The highest BCUT2D eigenvalue weighted by molar-refractivity contribution is 7.79. The second kappa shape index (κ2) is 31.6. The van der Waals surface area contributed by atoms with Crippen LogP contribution in [0.2, 0.25) is 0 Å². The molecule has 0 saturated carbocycles. The highest BCUT2D eigenvalue weighted by atomic mass is 32.3. The third kappa shape index (κ3) is 1490. The molecule has 0 bridgehead atoms. The molecule has 0 aromatic heterocycles. The molecule has 0 aliphatic heterocycles. The predicted molar refractivity (Wildman–Crippen MR) is 39.4 cm³/mol. The van der Waals surface area contributed by atoms with E-state index >= 15 is 0 Å². The molecule has 84 valence electrons. The van der Waals surface area contributed by atoms with Crippen LogP contribution in [0.3, 0.4) is 0 Å². The van der Waals surface area contributed by atoms with Crippen molar-refractivity contribution in [1.82, 2.24) is 0 Å². The summed E-state index contributed by atoms with van der Waals surface area (Å²) in [6.45, 7) is 2.00. The summed E-state index contributed by atoms with van der Waals surface area (Å²) in [5.41, 5.74) is 0. The van der Waals surface area contributed by atoms with Crippen LogP contribution in [0.1, 0.15) is 0 Å². The molecule has 12 N–H and O–H groups in total. The minimum absolute atomic E-state index is 0. The van der Waals surface area contributed by atoms with E-state index in [0.717, 1.165) is 0 Å². The lowest BCUT2D eigenvalue weighted by atomic mass is 11.9. The number of carbonyl (C=O) groups excluding carboxylic acids is 1. The molecule has 0 fully saturated rings. The standard InChI is InChI=1S/CH2O.H2O4S.5H2O/c1-2;1-5(2,3)4;;;;;/h1H2;(H2,1,2,3,4);5*1H2. The van der Waals surface area contributed by atoms with Gasteiger partial charge in [-0.25, -0.2) is 0 Å². The van der Waals surface area contributed by atoms with Gasteiger partial charge in [0.2, 0.25) is 0 Å². The molecule has 12 heavy (non-hydrogen) atoms. The Kier molecular flexibility index (Phi) is 170. The molecular formula is CH14O10S. The van der Waals surface area contributed by atoms with Crippen molar-refractivity contribution >= 4 is 17.2 Å². The van der Waals surface area contributed by atoms with Crippen LogP contribution >= 0.6 is 0 Å². The molecule has 0 rings (SSSR count). The Bertz CT molecular complexity index is 104. The van der Waals surface area contributed by atoms with Gasteiger partial charge in [-0.1, -0.05) is 0 Å². The molecule has 0 heterocycles. The first-order valence-electron chi connectivity index (χ1n) is 0.987. The van der Waals surface area contributed by atoms with Crippen LogP contribution in [-0.4, -0.2) is 51.7 Å². The molecule has 0 aromatic rings. The molecule has 0 aliphatic rings. The lowest BCUT2D eigenvalue weighted by Crippen LogP contribution is -1.89. The Morgan fingerprint density at radius 1 is 0.750 bits per heavy atom. The summed E-state index contributed by atoms with van der Waals surface area (Å²) < 4.78 is 31.6. The first-order chi connectivity index (χ1) is 3.00. The summed E-state index contributed by atoms with van der Waals surface area (Å²) >= 11 is 0. The fourth-order valence-corrected chi connectivity index (χ4v) is 0. The molecule has 0 aliphatic carbocycles. The zero-order valence-electron chi connectivity index (χ0n) is 5.73. The Balaban J connectivity index is -0.00000000671. The van der Waals surface area contributed by atoms with Gasteiger partial charge in [0, 0.05) is 0 Å². The molecule has 0 amide bonds. The lowest BCUT2D eigenvalue weighted by Gasteiger charge is -1.68. The number of hydrogen-bond acceptors (Lipinski definition) is 3. The monoisotopic (exact) mass is 218 g/mol. The van der Waals surface area contributed by atoms with E-state index in [2.05, 4.69) is 0 Å². The van der Waals surface area contributed by atoms with Gasteiger partial charge in [-0.2, -0.15) is 8.42 Å². The van der Waals surface area contributed by atoms with Gasteiger partial charge in [-0.15, -0.1) is 0 Å². The van der Waals surface area contributed by atoms with Crippen LogP contribution in [0.15, 0.2) is 0 Å². The molecular weight excluding hydrogens is 204 g/mol. The van der Waals surface area contributed by atoms with Gasteiger partial charge in [0.15, 0.2) is 0 Å². The van der Waals surface area contributed by atoms with Crippen LogP contribution in [0.5, 0.6) is 0 Å². The van der Waals surface area contributed by atoms with E-state index in [-0.39, 0.29) is 27.4 Å². The Morgan fingerprint density at radius 2 is 0.750 bits per heavy atom. The predicted octanol–water partition coefficient (Wildman–Crippen LogP) is -4.96. The Morgan fingerprint density at radius 3 is 0.750 bits per heavy atom. The maximum atomic E-state index is 8.74. The van der Waals surface area contributed by atoms with Crippen LogP contribution < -0.4 is 0 Å². The molecule has 0 saturated heterocycles. The van der Waals surface area contributed by atoms with E-state index in [0.29, 0.717) is 0 Å². The Labute approximate surface area is 67.9 Å². The first-order valence-corrected chi connectivity index (χ1v) is 2.38. The summed E-state index contributed by atoms with van der Waals surface area (Å²) in [6, 6.07) is 0. The molecule has 10 nitrogen and oxygen atoms in total. The van der Waals surface area contributed by atoms with E-state index < -0.39 is 10.4 Å². The van der Waals surface area contributed by atoms with Crippen LogP contribution in [0.25, 0.3) is 0 Å². The normalized spacial score (nSPS) is 5.17. The van der Waals surface area contributed by atoms with Crippen molar-refractivity contribution < 1.29 is 49.7 Å². The molecule has 0 spiro atoms. The van der Waals surface area contributed by atoms with Crippen LogP contribution in [-0.2, 0) is 15.2 Å². The van der Waals surface area contributed by atoms with Gasteiger partial charge in [0.25, 0.3) is 0 Å². The van der Waals surface area contributed by atoms with Gasteiger partial charge >= 0.3 is 10.4 Å². The van der Waals surface area contributed by atoms with Gasteiger partial charge in [0.1, 0.15) is 6.79 Å². The van der Waals surface area contributed by atoms with Crippen molar-refractivity contribution in [2.45, 2.75) is 0 Å². The van der Waals surface area contributed by atoms with Gasteiger partial charge in [0.05, 0.1) is 0 Å². The molecule has 11 heteroatoms. The maximum Gasteiger partial charge on any atom is 0.394 e. The van der Waals surface area contributed by atoms with E-state index in [4.69, 9.17) is 22.3 Å². The second-order valence-electron chi connectivity index (χ2n) is 0.448. The summed E-state index contributed by atoms with van der Waals surface area (Å²) in [6.07, 6.45) is 0. The van der Waals surface area contributed by atoms with Crippen molar-refractivity contribution in [3.8, 4) is 0 Å². The summed E-state index contributed by atoms with van der Waals surface area (Å²) in [5.74, 6) is 0. The second-order valence-corrected chi connectivity index (χ2v) is 1.34. The topological polar surface area (TPSA) is 249 Å². The van der Waals surface area contributed by atoms with Gasteiger partial charge in [-0.05, 0) is 0 Å². The highest BCUT2D eigenvalue weighted by Gasteiger charge is 1.84. The molecule has 0 unspecified atom stereocenters. The quantitative estimate of drug-likeness (QED) is 0.377. The van der Waals surface area contributed by atoms with Crippen LogP contribution in [0, 0.1) is 0 Å². The van der Waals surface area contributed by atoms with E-state index in [1.807, 2.05) is 6.79 Å². The third-order valence-corrected chi connectivity index (χ3v) is 0. The first kappa shape index (κ1) is 64.4.